The van der Waals surface area contributed by atoms with Crippen LogP contribution in [-0.2, 0) is 21.3 Å². The number of nitrogens with zero attached hydrogens (tertiary/aromatic N) is 3. The highest BCUT2D eigenvalue weighted by Gasteiger charge is 2.31. The summed E-state index contributed by atoms with van der Waals surface area (Å²) in [6.45, 7) is 3.02. The van der Waals surface area contributed by atoms with Crippen LogP contribution >= 0.6 is 22.7 Å². The lowest BCUT2D eigenvalue weighted by Crippen LogP contribution is -2.35. The molecular formula is C15H19N3O4S3. The van der Waals surface area contributed by atoms with Gasteiger partial charge in [0.2, 0.25) is 10.0 Å². The zero-order chi connectivity index (χ0) is 17.9. The maximum absolute atomic E-state index is 13.0. The van der Waals surface area contributed by atoms with Crippen LogP contribution in [0.1, 0.15) is 21.1 Å². The lowest BCUT2D eigenvalue weighted by Gasteiger charge is -2.21. The number of hydrogen-bond acceptors (Lipinski definition) is 8. The molecule has 1 aliphatic rings. The van der Waals surface area contributed by atoms with Gasteiger partial charge in [0.25, 0.3) is 0 Å². The maximum atomic E-state index is 13.0. The molecule has 10 heteroatoms. The van der Waals surface area contributed by atoms with Crippen molar-refractivity contribution in [1.29, 1.82) is 0 Å². The summed E-state index contributed by atoms with van der Waals surface area (Å²) in [5.74, 6) is -0.617. The van der Waals surface area contributed by atoms with Crippen molar-refractivity contribution < 1.29 is 17.9 Å². The molecule has 0 amide bonds. The fourth-order valence-corrected chi connectivity index (χ4v) is 6.18. The molecule has 0 atom stereocenters. The fraction of sp³-hybridized carbons (Fsp3) is 0.467. The fourth-order valence-electron chi connectivity index (χ4n) is 2.75. The molecule has 2 aromatic rings. The lowest BCUT2D eigenvalue weighted by molar-refractivity contribution is 0.0602. The second kappa shape index (κ2) is 7.92. The normalized spacial score (nSPS) is 17.3. The summed E-state index contributed by atoms with van der Waals surface area (Å²) in [7, 11) is -2.46. The molecule has 0 unspecified atom stereocenters. The highest BCUT2D eigenvalue weighted by atomic mass is 32.2. The Bertz CT molecular complexity index is 817. The highest BCUT2D eigenvalue weighted by Crippen LogP contribution is 2.27. The van der Waals surface area contributed by atoms with Crippen LogP contribution in [0.3, 0.4) is 0 Å². The van der Waals surface area contributed by atoms with Gasteiger partial charge in [-0.3, -0.25) is 4.90 Å². The quantitative estimate of drug-likeness (QED) is 0.712. The molecule has 0 bridgehead atoms. The summed E-state index contributed by atoms with van der Waals surface area (Å²) in [6, 6.07) is 1.48. The average Bonchev–Trinajstić information content (AvgIpc) is 3.23. The number of methoxy groups -OCH3 is 1. The zero-order valence-corrected chi connectivity index (χ0v) is 16.2. The van der Waals surface area contributed by atoms with Crippen LogP contribution in [0.4, 0.5) is 0 Å². The summed E-state index contributed by atoms with van der Waals surface area (Å²) in [4.78, 5) is 18.5. The molecule has 1 aliphatic heterocycles. The van der Waals surface area contributed by atoms with Crippen LogP contribution in [0.25, 0.3) is 0 Å². The SMILES string of the molecule is COC(=O)c1sccc1S(=O)(=O)N1CCCN(Cc2nccs2)CC1. The Morgan fingerprint density at radius 1 is 1.24 bits per heavy atom. The van der Waals surface area contributed by atoms with Crippen LogP contribution < -0.4 is 0 Å². The van der Waals surface area contributed by atoms with Crippen LogP contribution in [0.5, 0.6) is 0 Å². The van der Waals surface area contributed by atoms with Crippen LogP contribution in [0, 0.1) is 0 Å². The smallest absolute Gasteiger partial charge is 0.349 e. The van der Waals surface area contributed by atoms with Gasteiger partial charge < -0.3 is 4.74 Å². The summed E-state index contributed by atoms with van der Waals surface area (Å²) >= 11 is 2.68. The van der Waals surface area contributed by atoms with Gasteiger partial charge in [0, 0.05) is 31.2 Å². The van der Waals surface area contributed by atoms with E-state index in [0.717, 1.165) is 35.9 Å². The maximum Gasteiger partial charge on any atom is 0.349 e. The lowest BCUT2D eigenvalue weighted by atomic mass is 10.4. The molecule has 3 heterocycles. The van der Waals surface area contributed by atoms with E-state index in [2.05, 4.69) is 9.88 Å². The molecule has 136 valence electrons. The summed E-state index contributed by atoms with van der Waals surface area (Å²) in [6.07, 6.45) is 2.52. The van der Waals surface area contributed by atoms with Gasteiger partial charge >= 0.3 is 5.97 Å². The number of carbonyl (C=O) groups is 1. The van der Waals surface area contributed by atoms with Crippen molar-refractivity contribution in [2.45, 2.75) is 17.9 Å². The van der Waals surface area contributed by atoms with E-state index >= 15 is 0 Å². The minimum Gasteiger partial charge on any atom is -0.465 e. The molecule has 25 heavy (non-hydrogen) atoms. The van der Waals surface area contributed by atoms with Crippen LogP contribution in [0.2, 0.25) is 0 Å². The standard InChI is InChI=1S/C15H19N3O4S3/c1-22-15(19)14-12(3-9-24-14)25(20,21)18-6-2-5-17(7-8-18)11-13-16-4-10-23-13/h3-4,9-10H,2,5-8,11H2,1H3. The number of thiazole rings is 1. The first-order valence-electron chi connectivity index (χ1n) is 7.79. The van der Waals surface area contributed by atoms with E-state index < -0.39 is 16.0 Å². The van der Waals surface area contributed by atoms with Gasteiger partial charge in [0.1, 0.15) is 14.8 Å². The predicted molar refractivity (Wildman–Crippen MR) is 96.4 cm³/mol. The van der Waals surface area contributed by atoms with Gasteiger partial charge in [-0.25, -0.2) is 18.2 Å². The van der Waals surface area contributed by atoms with Crippen molar-refractivity contribution in [3.8, 4) is 0 Å². The Morgan fingerprint density at radius 2 is 2.08 bits per heavy atom. The Hall–Kier alpha value is -1.33. The zero-order valence-electron chi connectivity index (χ0n) is 13.8. The molecule has 0 radical (unpaired) electrons. The van der Waals surface area contributed by atoms with Crippen molar-refractivity contribution in [1.82, 2.24) is 14.2 Å². The number of ether oxygens (including phenoxy) is 1. The molecular weight excluding hydrogens is 382 g/mol. The first-order valence-corrected chi connectivity index (χ1v) is 11.0. The number of carbonyl (C=O) groups excluding carboxylic acids is 1. The third kappa shape index (κ3) is 4.09. The van der Waals surface area contributed by atoms with Gasteiger partial charge in [-0.15, -0.1) is 22.7 Å². The molecule has 1 fully saturated rings. The van der Waals surface area contributed by atoms with E-state index in [-0.39, 0.29) is 9.77 Å². The molecule has 0 aliphatic carbocycles. The second-order valence-electron chi connectivity index (χ2n) is 5.57. The van der Waals surface area contributed by atoms with E-state index in [0.29, 0.717) is 19.6 Å². The Kier molecular flexibility index (Phi) is 5.85. The van der Waals surface area contributed by atoms with Crippen molar-refractivity contribution in [2.24, 2.45) is 0 Å². The Morgan fingerprint density at radius 3 is 2.80 bits per heavy atom. The van der Waals surface area contributed by atoms with Gasteiger partial charge in [-0.05, 0) is 24.4 Å². The topological polar surface area (TPSA) is 79.8 Å². The summed E-state index contributed by atoms with van der Waals surface area (Å²) < 4.78 is 32.1. The molecule has 0 spiro atoms. The third-order valence-corrected chi connectivity index (χ3v) is 7.74. The second-order valence-corrected chi connectivity index (χ2v) is 9.37. The molecule has 0 saturated carbocycles. The van der Waals surface area contributed by atoms with E-state index in [1.54, 1.807) is 22.9 Å². The number of rotatable bonds is 5. The number of thiophene rings is 1. The first kappa shape index (κ1) is 18.5. The summed E-state index contributed by atoms with van der Waals surface area (Å²) in [5, 5.41) is 4.57. The average molecular weight is 402 g/mol. The van der Waals surface area contributed by atoms with Crippen molar-refractivity contribution in [2.75, 3.05) is 33.3 Å². The Labute approximate surface area is 154 Å². The van der Waals surface area contributed by atoms with Crippen molar-refractivity contribution >= 4 is 38.7 Å². The molecule has 3 rings (SSSR count). The van der Waals surface area contributed by atoms with Gasteiger partial charge in [0.15, 0.2) is 0 Å². The molecule has 0 aromatic carbocycles. The molecule has 1 saturated heterocycles. The molecule has 0 N–H and O–H groups in total. The number of sulfonamides is 1. The first-order chi connectivity index (χ1) is 12.0. The number of esters is 1. The van der Waals surface area contributed by atoms with Crippen molar-refractivity contribution in [3.63, 3.8) is 0 Å². The van der Waals surface area contributed by atoms with E-state index in [9.17, 15) is 13.2 Å². The highest BCUT2D eigenvalue weighted by molar-refractivity contribution is 7.89. The Balaban J connectivity index is 1.73. The van der Waals surface area contributed by atoms with Crippen LogP contribution in [0.15, 0.2) is 27.9 Å². The molecule has 2 aromatic heterocycles. The third-order valence-electron chi connectivity index (χ3n) is 4.01. The number of aromatic nitrogens is 1. The minimum atomic E-state index is -3.71. The minimum absolute atomic E-state index is 0.0396. The van der Waals surface area contributed by atoms with E-state index in [1.807, 2.05) is 5.38 Å². The van der Waals surface area contributed by atoms with E-state index in [4.69, 9.17) is 4.74 Å². The van der Waals surface area contributed by atoms with E-state index in [1.165, 1.54) is 17.5 Å². The predicted octanol–water partition coefficient (Wildman–Crippen LogP) is 1.89. The van der Waals surface area contributed by atoms with Gasteiger partial charge in [-0.1, -0.05) is 0 Å². The largest absolute Gasteiger partial charge is 0.465 e. The monoisotopic (exact) mass is 401 g/mol. The number of hydrogen-bond donors (Lipinski definition) is 0. The summed E-state index contributed by atoms with van der Waals surface area (Å²) in [5.41, 5.74) is 0. The van der Waals surface area contributed by atoms with Crippen molar-refractivity contribution in [3.05, 3.63) is 32.9 Å². The van der Waals surface area contributed by atoms with Gasteiger partial charge in [0.05, 0.1) is 13.7 Å². The van der Waals surface area contributed by atoms with Gasteiger partial charge in [-0.2, -0.15) is 4.31 Å². The van der Waals surface area contributed by atoms with Crippen LogP contribution in [-0.4, -0.2) is 61.9 Å². The molecule has 7 nitrogen and oxygen atoms in total.